The molecule has 29 heavy (non-hydrogen) atoms. The molecule has 3 fully saturated rings. The van der Waals surface area contributed by atoms with Gasteiger partial charge in [0.1, 0.15) is 0 Å². The van der Waals surface area contributed by atoms with Crippen LogP contribution in [0.15, 0.2) is 21.9 Å². The molecular weight excluding hydrogens is 368 g/mol. The van der Waals surface area contributed by atoms with Crippen molar-refractivity contribution in [3.05, 3.63) is 11.6 Å². The Balaban J connectivity index is 1.57. The van der Waals surface area contributed by atoms with E-state index in [4.69, 9.17) is 11.5 Å². The molecule has 0 saturated heterocycles. The van der Waals surface area contributed by atoms with Gasteiger partial charge in [0, 0.05) is 11.1 Å². The third kappa shape index (κ3) is 3.32. The molecule has 0 spiro atoms. The number of nitrogens with zero attached hydrogens (tertiary/aromatic N) is 2. The molecule has 6 N–H and O–H groups in total. The molecule has 8 heteroatoms. The normalized spacial score (nSPS) is 41.2. The number of urea groups is 2. The van der Waals surface area contributed by atoms with Crippen molar-refractivity contribution in [1.82, 2.24) is 10.9 Å². The number of hydrogen-bond acceptors (Lipinski definition) is 4. The number of nitrogens with one attached hydrogen (secondary N) is 2. The summed E-state index contributed by atoms with van der Waals surface area (Å²) in [5.41, 5.74) is 19.0. The minimum absolute atomic E-state index is 0.0634. The van der Waals surface area contributed by atoms with Crippen LogP contribution in [-0.2, 0) is 0 Å². The molecule has 0 aromatic heterocycles. The Morgan fingerprint density at radius 2 is 1.62 bits per heavy atom. The van der Waals surface area contributed by atoms with Gasteiger partial charge < -0.3 is 11.5 Å². The second kappa shape index (κ2) is 7.15. The van der Waals surface area contributed by atoms with E-state index in [0.29, 0.717) is 17.8 Å². The quantitative estimate of drug-likeness (QED) is 0.530. The van der Waals surface area contributed by atoms with Gasteiger partial charge >= 0.3 is 12.1 Å². The third-order valence-corrected chi connectivity index (χ3v) is 8.33. The molecule has 4 rings (SSSR count). The highest BCUT2D eigenvalue weighted by Gasteiger charge is 2.58. The van der Waals surface area contributed by atoms with E-state index in [-0.39, 0.29) is 10.8 Å². The summed E-state index contributed by atoms with van der Waals surface area (Å²) in [5.74, 6) is 1.95. The molecule has 0 aromatic carbocycles. The Kier molecular flexibility index (Phi) is 4.91. The number of amides is 4. The zero-order chi connectivity index (χ0) is 20.8. The van der Waals surface area contributed by atoms with E-state index in [2.05, 4.69) is 41.0 Å². The summed E-state index contributed by atoms with van der Waals surface area (Å²) in [4.78, 5) is 22.1. The molecule has 8 nitrogen and oxygen atoms in total. The molecule has 0 aromatic rings. The number of hydrazone groups is 2. The maximum Gasteiger partial charge on any atom is 0.332 e. The number of rotatable bonds is 2. The highest BCUT2D eigenvalue weighted by atomic mass is 16.2. The summed E-state index contributed by atoms with van der Waals surface area (Å²) in [5, 5.41) is 8.55. The molecule has 4 aliphatic rings. The fraction of sp³-hybridized carbons (Fsp3) is 0.714. The summed E-state index contributed by atoms with van der Waals surface area (Å²) in [6, 6.07) is -1.22. The smallest absolute Gasteiger partial charge is 0.332 e. The number of fused-ring (bicyclic) bond motifs is 5. The van der Waals surface area contributed by atoms with Crippen LogP contribution in [0.25, 0.3) is 0 Å². The second-order valence-corrected chi connectivity index (χ2v) is 9.61. The molecule has 0 unspecified atom stereocenters. The highest BCUT2D eigenvalue weighted by Crippen LogP contribution is 2.64. The molecule has 0 heterocycles. The van der Waals surface area contributed by atoms with Crippen molar-refractivity contribution in [2.45, 2.75) is 65.2 Å². The predicted octanol–water partition coefficient (Wildman–Crippen LogP) is 3.00. The van der Waals surface area contributed by atoms with Crippen molar-refractivity contribution in [2.24, 2.45) is 50.3 Å². The molecule has 0 radical (unpaired) electrons. The van der Waals surface area contributed by atoms with Gasteiger partial charge in [-0.15, -0.1) is 0 Å². The minimum Gasteiger partial charge on any atom is -0.350 e. The van der Waals surface area contributed by atoms with E-state index in [9.17, 15) is 9.59 Å². The fourth-order valence-corrected chi connectivity index (χ4v) is 6.88. The first-order valence-corrected chi connectivity index (χ1v) is 10.7. The summed E-state index contributed by atoms with van der Waals surface area (Å²) >= 11 is 0. The lowest BCUT2D eigenvalue weighted by molar-refractivity contribution is -0.0155. The van der Waals surface area contributed by atoms with E-state index in [1.54, 1.807) is 0 Å². The molecule has 0 aliphatic heterocycles. The van der Waals surface area contributed by atoms with Gasteiger partial charge in [0.25, 0.3) is 0 Å². The van der Waals surface area contributed by atoms with Gasteiger partial charge in [-0.25, -0.2) is 20.4 Å². The number of primary amides is 2. The van der Waals surface area contributed by atoms with Crippen LogP contribution in [0.3, 0.4) is 0 Å². The van der Waals surface area contributed by atoms with Crippen LogP contribution in [0.1, 0.15) is 65.2 Å². The maximum absolute atomic E-state index is 11.1. The van der Waals surface area contributed by atoms with Crippen LogP contribution in [0.4, 0.5) is 9.59 Å². The van der Waals surface area contributed by atoms with Gasteiger partial charge in [-0.2, -0.15) is 10.2 Å². The van der Waals surface area contributed by atoms with Crippen molar-refractivity contribution >= 4 is 23.5 Å². The summed E-state index contributed by atoms with van der Waals surface area (Å²) in [6.45, 7) is 4.76. The summed E-state index contributed by atoms with van der Waals surface area (Å²) in [6.07, 6.45) is 10.7. The monoisotopic (exact) mass is 400 g/mol. The minimum atomic E-state index is -0.621. The van der Waals surface area contributed by atoms with Gasteiger partial charge in [0.2, 0.25) is 0 Å². The first-order valence-electron chi connectivity index (χ1n) is 10.7. The lowest BCUT2D eigenvalue weighted by atomic mass is 9.47. The lowest BCUT2D eigenvalue weighted by Crippen LogP contribution is -2.50. The molecule has 4 aliphatic carbocycles. The van der Waals surface area contributed by atoms with Crippen molar-refractivity contribution in [3.63, 3.8) is 0 Å². The zero-order valence-electron chi connectivity index (χ0n) is 17.3. The number of carbonyl (C=O) groups excluding carboxylic acids is 2. The summed E-state index contributed by atoms with van der Waals surface area (Å²) in [7, 11) is 0. The summed E-state index contributed by atoms with van der Waals surface area (Å²) < 4.78 is 0. The van der Waals surface area contributed by atoms with Gasteiger partial charge in [0.05, 0.1) is 5.71 Å². The SMILES string of the molecule is C[C@]12CC/C(=N\NC(N)=O)C=C1CC[C@@H]1[C@H]2CC[C@]2(C)/C(=N/NC(N)=O)CC[C@H]12. The van der Waals surface area contributed by atoms with Crippen LogP contribution >= 0.6 is 0 Å². The first-order chi connectivity index (χ1) is 13.7. The van der Waals surface area contributed by atoms with E-state index < -0.39 is 12.1 Å². The zero-order valence-corrected chi connectivity index (χ0v) is 17.3. The van der Waals surface area contributed by atoms with E-state index in [1.165, 1.54) is 18.4 Å². The molecule has 4 amide bonds. The predicted molar refractivity (Wildman–Crippen MR) is 112 cm³/mol. The van der Waals surface area contributed by atoms with Gasteiger partial charge in [0.15, 0.2) is 0 Å². The van der Waals surface area contributed by atoms with Crippen molar-refractivity contribution in [3.8, 4) is 0 Å². The van der Waals surface area contributed by atoms with Gasteiger partial charge in [-0.1, -0.05) is 19.4 Å². The number of hydrogen-bond donors (Lipinski definition) is 4. The Morgan fingerprint density at radius 3 is 2.34 bits per heavy atom. The van der Waals surface area contributed by atoms with Crippen molar-refractivity contribution < 1.29 is 9.59 Å². The number of carbonyl (C=O) groups is 2. The highest BCUT2D eigenvalue weighted by molar-refractivity contribution is 5.97. The number of nitrogens with two attached hydrogens (primary N) is 2. The second-order valence-electron chi connectivity index (χ2n) is 9.61. The van der Waals surface area contributed by atoms with Crippen LogP contribution in [-0.4, -0.2) is 23.5 Å². The van der Waals surface area contributed by atoms with E-state index in [0.717, 1.165) is 49.9 Å². The first kappa shape index (κ1) is 19.9. The Morgan fingerprint density at radius 1 is 0.931 bits per heavy atom. The van der Waals surface area contributed by atoms with Crippen LogP contribution in [0.5, 0.6) is 0 Å². The molecule has 158 valence electrons. The standard InChI is InChI=1S/C21H32N6O2/c1-20-9-7-13(24-26-18(22)28)11-12(20)3-4-14-15-5-6-17(25-27-19(23)29)21(15,2)10-8-16(14)20/h11,14-16H,3-10H2,1-2H3,(H3,22,26,28)(H3,23,27,29)/b24-13+,25-17+/t14-,15+,16+,20-,21-/m0/s1. The number of allylic oxidation sites excluding steroid dienone is 2. The molecule has 3 saturated carbocycles. The van der Waals surface area contributed by atoms with Crippen LogP contribution in [0, 0.1) is 28.6 Å². The van der Waals surface area contributed by atoms with Crippen LogP contribution < -0.4 is 22.3 Å². The fourth-order valence-electron chi connectivity index (χ4n) is 6.88. The molecular formula is C21H32N6O2. The maximum atomic E-state index is 11.1. The van der Waals surface area contributed by atoms with E-state index in [1.807, 2.05) is 0 Å². The third-order valence-electron chi connectivity index (χ3n) is 8.33. The molecule has 5 atom stereocenters. The van der Waals surface area contributed by atoms with Crippen molar-refractivity contribution in [2.75, 3.05) is 0 Å². The van der Waals surface area contributed by atoms with Crippen LogP contribution in [0.2, 0.25) is 0 Å². The average molecular weight is 401 g/mol. The van der Waals surface area contributed by atoms with Crippen molar-refractivity contribution in [1.29, 1.82) is 0 Å². The Labute approximate surface area is 171 Å². The van der Waals surface area contributed by atoms with Gasteiger partial charge in [-0.3, -0.25) is 0 Å². The lowest BCUT2D eigenvalue weighted by Gasteiger charge is -2.57. The Bertz CT molecular complexity index is 818. The van der Waals surface area contributed by atoms with Gasteiger partial charge in [-0.05, 0) is 80.6 Å². The largest absolute Gasteiger partial charge is 0.350 e. The topological polar surface area (TPSA) is 135 Å². The Hall–Kier alpha value is -2.38. The average Bonchev–Trinajstić information content (AvgIpc) is 3.01. The molecule has 0 bridgehead atoms. The van der Waals surface area contributed by atoms with E-state index >= 15 is 0 Å².